The van der Waals surface area contributed by atoms with Gasteiger partial charge in [-0.15, -0.1) is 0 Å². The highest BCUT2D eigenvalue weighted by Gasteiger charge is 2.40. The molecule has 0 aromatic heterocycles. The number of aliphatic hydroxyl groups is 1. The van der Waals surface area contributed by atoms with Crippen molar-refractivity contribution in [2.75, 3.05) is 0 Å². The van der Waals surface area contributed by atoms with E-state index in [0.717, 1.165) is 0 Å². The van der Waals surface area contributed by atoms with Crippen LogP contribution in [0.2, 0.25) is 0 Å². The third kappa shape index (κ3) is 2.97. The average Bonchev–Trinajstić information content (AvgIpc) is 2.54. The Morgan fingerprint density at radius 3 is 2.39 bits per heavy atom. The molecule has 0 fully saturated rings. The van der Waals surface area contributed by atoms with Crippen molar-refractivity contribution >= 4 is 0 Å². The third-order valence-corrected chi connectivity index (χ3v) is 4.18. The Balaban J connectivity index is 2.19. The van der Waals surface area contributed by atoms with Gasteiger partial charge >= 0.3 is 0 Å². The van der Waals surface area contributed by atoms with Gasteiger partial charge in [-0.05, 0) is 41.8 Å². The lowest BCUT2D eigenvalue weighted by molar-refractivity contribution is 0.104. The van der Waals surface area contributed by atoms with E-state index in [1.165, 1.54) is 25.1 Å². The molecule has 1 aliphatic carbocycles. The molecule has 3 heteroatoms. The molecule has 0 aliphatic heterocycles. The summed E-state index contributed by atoms with van der Waals surface area (Å²) < 4.78 is 28.2. The minimum absolute atomic E-state index is 0.0470. The molecule has 0 radical (unpaired) electrons. The fourth-order valence-corrected chi connectivity index (χ4v) is 3.03. The topological polar surface area (TPSA) is 20.2 Å². The van der Waals surface area contributed by atoms with Crippen LogP contribution in [0.25, 0.3) is 0 Å². The largest absolute Gasteiger partial charge is 0.376 e. The molecule has 118 valence electrons. The molecule has 0 amide bonds. The summed E-state index contributed by atoms with van der Waals surface area (Å²) in [6, 6.07) is 14.8. The molecule has 2 aromatic carbocycles. The number of allylic oxidation sites excluding steroid dienone is 3. The zero-order chi connectivity index (χ0) is 16.5. The van der Waals surface area contributed by atoms with Crippen molar-refractivity contribution in [1.29, 1.82) is 0 Å². The van der Waals surface area contributed by atoms with Crippen LogP contribution < -0.4 is 0 Å². The standard InChI is InChI=1S/C20H18F2O/c1-19(22)12-6-10-17(14-19)20(23,15-7-3-2-4-8-15)16-9-5-11-18(21)13-16/h2-13,23H,14H2,1H3. The Kier molecular flexibility index (Phi) is 3.90. The van der Waals surface area contributed by atoms with Gasteiger partial charge in [-0.25, -0.2) is 8.78 Å². The zero-order valence-corrected chi connectivity index (χ0v) is 12.8. The Morgan fingerprint density at radius 2 is 1.74 bits per heavy atom. The van der Waals surface area contributed by atoms with Gasteiger partial charge in [0.2, 0.25) is 0 Å². The van der Waals surface area contributed by atoms with Gasteiger partial charge < -0.3 is 5.11 Å². The van der Waals surface area contributed by atoms with E-state index in [4.69, 9.17) is 0 Å². The number of hydrogen-bond donors (Lipinski definition) is 1. The van der Waals surface area contributed by atoms with Crippen molar-refractivity contribution in [3.05, 3.63) is 95.3 Å². The number of benzene rings is 2. The molecule has 2 atom stereocenters. The van der Waals surface area contributed by atoms with Crippen molar-refractivity contribution in [2.45, 2.75) is 24.6 Å². The van der Waals surface area contributed by atoms with Gasteiger partial charge in [-0.2, -0.15) is 0 Å². The Bertz CT molecular complexity index is 762. The minimum atomic E-state index is -1.57. The number of halogens is 2. The number of rotatable bonds is 3. The molecule has 1 aliphatic rings. The molecular weight excluding hydrogens is 294 g/mol. The second-order valence-electron chi connectivity index (χ2n) is 6.09. The molecule has 1 nitrogen and oxygen atoms in total. The lowest BCUT2D eigenvalue weighted by Gasteiger charge is -2.35. The number of hydrogen-bond acceptors (Lipinski definition) is 1. The predicted octanol–water partition coefficient (Wildman–Crippen LogP) is 4.68. The first-order chi connectivity index (χ1) is 10.9. The highest BCUT2D eigenvalue weighted by atomic mass is 19.1. The first-order valence-corrected chi connectivity index (χ1v) is 7.53. The van der Waals surface area contributed by atoms with Gasteiger partial charge in [0.05, 0.1) is 0 Å². The van der Waals surface area contributed by atoms with Gasteiger partial charge in [-0.1, -0.05) is 54.6 Å². The van der Waals surface area contributed by atoms with Crippen molar-refractivity contribution < 1.29 is 13.9 Å². The van der Waals surface area contributed by atoms with Crippen molar-refractivity contribution in [3.63, 3.8) is 0 Å². The van der Waals surface area contributed by atoms with Gasteiger partial charge in [-0.3, -0.25) is 0 Å². The SMILES string of the molecule is CC1(F)C=CC=C(C(O)(c2ccccc2)c2cccc(F)c2)C1. The van der Waals surface area contributed by atoms with Gasteiger partial charge in [0.15, 0.2) is 0 Å². The summed E-state index contributed by atoms with van der Waals surface area (Å²) in [7, 11) is 0. The lowest BCUT2D eigenvalue weighted by atomic mass is 9.75. The highest BCUT2D eigenvalue weighted by Crippen LogP contribution is 2.42. The van der Waals surface area contributed by atoms with Crippen molar-refractivity contribution in [3.8, 4) is 0 Å². The molecule has 0 saturated heterocycles. The van der Waals surface area contributed by atoms with E-state index in [9.17, 15) is 13.9 Å². The maximum atomic E-state index is 14.4. The average molecular weight is 312 g/mol. The van der Waals surface area contributed by atoms with Crippen LogP contribution in [0.5, 0.6) is 0 Å². The molecule has 0 saturated carbocycles. The monoisotopic (exact) mass is 312 g/mol. The summed E-state index contributed by atoms with van der Waals surface area (Å²) in [5.74, 6) is -0.438. The molecule has 2 aromatic rings. The van der Waals surface area contributed by atoms with Crippen LogP contribution in [0.15, 0.2) is 78.4 Å². The van der Waals surface area contributed by atoms with E-state index >= 15 is 0 Å². The van der Waals surface area contributed by atoms with E-state index < -0.39 is 17.1 Å². The van der Waals surface area contributed by atoms with Crippen molar-refractivity contribution in [1.82, 2.24) is 0 Å². The van der Waals surface area contributed by atoms with Crippen LogP contribution >= 0.6 is 0 Å². The molecular formula is C20H18F2O. The van der Waals surface area contributed by atoms with Crippen LogP contribution in [0.1, 0.15) is 24.5 Å². The van der Waals surface area contributed by atoms with E-state index in [2.05, 4.69) is 0 Å². The third-order valence-electron chi connectivity index (χ3n) is 4.18. The first kappa shape index (κ1) is 15.6. The summed E-state index contributed by atoms with van der Waals surface area (Å²) in [6.45, 7) is 1.47. The van der Waals surface area contributed by atoms with Crippen LogP contribution in [-0.2, 0) is 5.60 Å². The first-order valence-electron chi connectivity index (χ1n) is 7.53. The Morgan fingerprint density at radius 1 is 1.04 bits per heavy atom. The van der Waals surface area contributed by atoms with Crippen molar-refractivity contribution in [2.24, 2.45) is 0 Å². The van der Waals surface area contributed by atoms with E-state index in [1.54, 1.807) is 48.6 Å². The second-order valence-corrected chi connectivity index (χ2v) is 6.09. The predicted molar refractivity (Wildman–Crippen MR) is 87.2 cm³/mol. The Hall–Kier alpha value is -2.26. The molecule has 23 heavy (non-hydrogen) atoms. The summed E-state index contributed by atoms with van der Waals surface area (Å²) in [4.78, 5) is 0. The summed E-state index contributed by atoms with van der Waals surface area (Å²) in [6.07, 6.45) is 4.82. The highest BCUT2D eigenvalue weighted by molar-refractivity contribution is 5.48. The zero-order valence-electron chi connectivity index (χ0n) is 12.8. The summed E-state index contributed by atoms with van der Waals surface area (Å²) in [5.41, 5.74) is -1.63. The fourth-order valence-electron chi connectivity index (χ4n) is 3.03. The molecule has 0 heterocycles. The molecule has 2 unspecified atom stereocenters. The van der Waals surface area contributed by atoms with Gasteiger partial charge in [0.25, 0.3) is 0 Å². The smallest absolute Gasteiger partial charge is 0.137 e. The van der Waals surface area contributed by atoms with Crippen LogP contribution in [0.3, 0.4) is 0 Å². The maximum Gasteiger partial charge on any atom is 0.137 e. The molecule has 3 rings (SSSR count). The lowest BCUT2D eigenvalue weighted by Crippen LogP contribution is -2.34. The van der Waals surface area contributed by atoms with E-state index in [0.29, 0.717) is 16.7 Å². The summed E-state index contributed by atoms with van der Waals surface area (Å²) >= 11 is 0. The summed E-state index contributed by atoms with van der Waals surface area (Å²) in [5, 5.41) is 11.5. The van der Waals surface area contributed by atoms with Crippen LogP contribution in [0, 0.1) is 5.82 Å². The van der Waals surface area contributed by atoms with Gasteiger partial charge in [0.1, 0.15) is 17.1 Å². The molecule has 1 N–H and O–H groups in total. The maximum absolute atomic E-state index is 14.4. The minimum Gasteiger partial charge on any atom is -0.376 e. The molecule has 0 bridgehead atoms. The second kappa shape index (κ2) is 5.74. The number of alkyl halides is 1. The van der Waals surface area contributed by atoms with E-state index in [-0.39, 0.29) is 6.42 Å². The normalized spacial score (nSPS) is 23.2. The van der Waals surface area contributed by atoms with Gasteiger partial charge in [0, 0.05) is 6.42 Å². The molecule has 0 spiro atoms. The van der Waals surface area contributed by atoms with E-state index in [1.807, 2.05) is 6.07 Å². The van der Waals surface area contributed by atoms with Crippen LogP contribution in [-0.4, -0.2) is 10.8 Å². The Labute approximate surface area is 134 Å². The van der Waals surface area contributed by atoms with Crippen LogP contribution in [0.4, 0.5) is 8.78 Å². The fraction of sp³-hybridized carbons (Fsp3) is 0.200. The quantitative estimate of drug-likeness (QED) is 0.873.